The van der Waals surface area contributed by atoms with Crippen LogP contribution >= 0.6 is 15.9 Å². The normalized spacial score (nSPS) is 11.0. The maximum atomic E-state index is 13.6. The monoisotopic (exact) mass is 892 g/mol. The van der Waals surface area contributed by atoms with Crippen LogP contribution in [-0.2, 0) is 33.0 Å². The highest BCUT2D eigenvalue weighted by Gasteiger charge is 2.36. The molecule has 13 nitrogen and oxygen atoms in total. The molecule has 4 aromatic heterocycles. The van der Waals surface area contributed by atoms with E-state index in [1.54, 1.807) is 0 Å². The van der Waals surface area contributed by atoms with Gasteiger partial charge in [0.2, 0.25) is 11.9 Å². The zero-order chi connectivity index (χ0) is 42.2. The molecule has 0 unspecified atom stereocenters. The van der Waals surface area contributed by atoms with Crippen LogP contribution in [0.5, 0.6) is 0 Å². The van der Waals surface area contributed by atoms with E-state index in [0.717, 1.165) is 39.7 Å². The van der Waals surface area contributed by atoms with Gasteiger partial charge in [-0.05, 0) is 52.3 Å². The summed E-state index contributed by atoms with van der Waals surface area (Å²) in [6.45, 7) is -0.179. The summed E-state index contributed by atoms with van der Waals surface area (Å²) in [6.07, 6.45) is -3.72. The molecule has 0 fully saturated rings. The second-order valence-corrected chi connectivity index (χ2v) is 12.0. The quantitative estimate of drug-likeness (QED) is 0.105. The number of benzene rings is 2. The Labute approximate surface area is 330 Å². The summed E-state index contributed by atoms with van der Waals surface area (Å²) < 4.78 is 130. The molecule has 0 saturated heterocycles. The van der Waals surface area contributed by atoms with Crippen LogP contribution in [0.4, 0.5) is 55.8 Å². The molecule has 58 heavy (non-hydrogen) atoms. The number of anilines is 2. The van der Waals surface area contributed by atoms with E-state index in [0.29, 0.717) is 16.1 Å². The van der Waals surface area contributed by atoms with Crippen molar-refractivity contribution in [3.05, 3.63) is 124 Å². The zero-order valence-electron chi connectivity index (χ0n) is 28.8. The molecule has 2 aromatic carbocycles. The predicted octanol–water partition coefficient (Wildman–Crippen LogP) is 6.31. The van der Waals surface area contributed by atoms with E-state index >= 15 is 0 Å². The van der Waals surface area contributed by atoms with Crippen molar-refractivity contribution >= 4 is 46.4 Å². The number of alkyl halides is 6. The molecule has 0 bridgehead atoms. The highest BCUT2D eigenvalue weighted by Crippen LogP contribution is 2.31. The SMILES string of the molecule is C.Cn1nc(C(F)(F)F)cc1-c1cnc(NCc2c(F)cccc2F)nc1.Cn1nc(C(F)(F)F)cc1B(O)O.O=C(Nc1ncc(Br)cn1)c1c(F)cccc1F. The Hall–Kier alpha value is -5.95. The fraction of sp³-hybridized carbons (Fsp3) is 0.182. The fourth-order valence-corrected chi connectivity index (χ4v) is 4.62. The van der Waals surface area contributed by atoms with E-state index in [1.807, 2.05) is 0 Å². The first-order valence-corrected chi connectivity index (χ1v) is 16.3. The Balaban J connectivity index is 0.000000246. The zero-order valence-corrected chi connectivity index (χ0v) is 30.3. The van der Waals surface area contributed by atoms with E-state index in [9.17, 15) is 48.7 Å². The van der Waals surface area contributed by atoms with Gasteiger partial charge in [-0.2, -0.15) is 36.5 Å². The van der Waals surface area contributed by atoms with Gasteiger partial charge in [-0.1, -0.05) is 19.6 Å². The minimum atomic E-state index is -4.56. The molecule has 4 heterocycles. The highest BCUT2D eigenvalue weighted by atomic mass is 79.9. The average Bonchev–Trinajstić information content (AvgIpc) is 3.73. The first-order chi connectivity index (χ1) is 26.6. The van der Waals surface area contributed by atoms with Crippen molar-refractivity contribution in [2.45, 2.75) is 26.3 Å². The summed E-state index contributed by atoms with van der Waals surface area (Å²) in [5, 5.41) is 28.6. The van der Waals surface area contributed by atoms with E-state index < -0.39 is 65.6 Å². The molecule has 6 aromatic rings. The lowest BCUT2D eigenvalue weighted by Crippen LogP contribution is -2.35. The minimum absolute atomic E-state index is 0. The number of aryl methyl sites for hydroxylation is 2. The summed E-state index contributed by atoms with van der Waals surface area (Å²) in [5.74, 6) is -4.19. The summed E-state index contributed by atoms with van der Waals surface area (Å²) in [4.78, 5) is 27.1. The van der Waals surface area contributed by atoms with Crippen LogP contribution in [0.1, 0.15) is 34.7 Å². The molecule has 0 aliphatic carbocycles. The summed E-state index contributed by atoms with van der Waals surface area (Å²) in [6, 6.07) is 8.17. The lowest BCUT2D eigenvalue weighted by Gasteiger charge is -2.07. The summed E-state index contributed by atoms with van der Waals surface area (Å²) in [5.41, 5.74) is -2.79. The Bertz CT molecular complexity index is 2270. The molecule has 1 amide bonds. The minimum Gasteiger partial charge on any atom is -0.422 e. The third-order valence-electron chi connectivity index (χ3n) is 7.11. The van der Waals surface area contributed by atoms with Gasteiger partial charge in [-0.3, -0.25) is 19.5 Å². The molecule has 0 radical (unpaired) electrons. The van der Waals surface area contributed by atoms with Crippen molar-refractivity contribution in [3.8, 4) is 11.3 Å². The predicted molar refractivity (Wildman–Crippen MR) is 192 cm³/mol. The number of hydrogen-bond donors (Lipinski definition) is 4. The number of nitrogens with one attached hydrogen (secondary N) is 2. The molecule has 0 spiro atoms. The molecular weight excluding hydrogens is 865 g/mol. The van der Waals surface area contributed by atoms with Crippen LogP contribution in [0.2, 0.25) is 0 Å². The van der Waals surface area contributed by atoms with Crippen LogP contribution in [0.15, 0.2) is 77.8 Å². The number of rotatable bonds is 7. The molecule has 6 rings (SSSR count). The number of nitrogens with zero attached hydrogens (tertiary/aromatic N) is 8. The molecule has 4 N–H and O–H groups in total. The van der Waals surface area contributed by atoms with Gasteiger partial charge in [0.15, 0.2) is 11.4 Å². The highest BCUT2D eigenvalue weighted by molar-refractivity contribution is 9.10. The Kier molecular flexibility index (Phi) is 15.6. The van der Waals surface area contributed by atoms with E-state index in [4.69, 9.17) is 10.0 Å². The third-order valence-corrected chi connectivity index (χ3v) is 7.52. The van der Waals surface area contributed by atoms with Gasteiger partial charge in [-0.15, -0.1) is 0 Å². The summed E-state index contributed by atoms with van der Waals surface area (Å²) >= 11 is 3.12. The molecule has 0 aliphatic rings. The molecular formula is C33H28BBrF10N10O3. The standard InChI is InChI=1S/C16H12F5N5.C11H6BrF2N3O.C5H6BF3N2O2.CH4/c1-26-13(5-14(25-26)16(19,20)21)9-6-22-15(23-7-9)24-8-10-11(17)3-2-4-12(10)18;12-6-4-15-11(16-5-6)17-10(18)9-7(13)2-1-3-8(9)14;1-11-4(6(12)13)2-3(10-11)5(7,8)9;/h2-7H,8H2,1H3,(H,22,23,24);1-5H,(H,15,16,17,18);2,12-13H,1H3;1H4. The van der Waals surface area contributed by atoms with Gasteiger partial charge >= 0.3 is 19.5 Å². The largest absolute Gasteiger partial charge is 0.507 e. The van der Waals surface area contributed by atoms with Gasteiger partial charge in [-0.25, -0.2) is 37.5 Å². The lowest BCUT2D eigenvalue weighted by atomic mass is 9.86. The van der Waals surface area contributed by atoms with E-state index in [2.05, 4.69) is 56.7 Å². The van der Waals surface area contributed by atoms with Crippen LogP contribution in [0, 0.1) is 23.3 Å². The van der Waals surface area contributed by atoms with Crippen molar-refractivity contribution in [1.82, 2.24) is 39.5 Å². The first kappa shape index (κ1) is 46.4. The second-order valence-electron chi connectivity index (χ2n) is 11.1. The topological polar surface area (TPSA) is 169 Å². The first-order valence-electron chi connectivity index (χ1n) is 15.5. The maximum Gasteiger partial charge on any atom is 0.507 e. The molecule has 308 valence electrons. The van der Waals surface area contributed by atoms with Gasteiger partial charge in [0.1, 0.15) is 28.8 Å². The van der Waals surface area contributed by atoms with Crippen molar-refractivity contribution in [2.75, 3.05) is 10.6 Å². The van der Waals surface area contributed by atoms with Crippen molar-refractivity contribution in [1.29, 1.82) is 0 Å². The van der Waals surface area contributed by atoms with E-state index in [-0.39, 0.29) is 42.7 Å². The van der Waals surface area contributed by atoms with Crippen LogP contribution in [-0.4, -0.2) is 62.6 Å². The number of halogens is 11. The number of carbonyl (C=O) groups excluding carboxylic acids is 1. The van der Waals surface area contributed by atoms with Crippen molar-refractivity contribution in [3.63, 3.8) is 0 Å². The molecule has 0 atom stereocenters. The Morgan fingerprint density at radius 3 is 1.66 bits per heavy atom. The van der Waals surface area contributed by atoms with Crippen molar-refractivity contribution < 1.29 is 58.7 Å². The van der Waals surface area contributed by atoms with Crippen LogP contribution in [0.25, 0.3) is 11.3 Å². The second kappa shape index (κ2) is 19.5. The number of carbonyl (C=O) groups is 1. The molecule has 0 saturated carbocycles. The number of aromatic nitrogens is 8. The Morgan fingerprint density at radius 2 is 1.21 bits per heavy atom. The lowest BCUT2D eigenvalue weighted by molar-refractivity contribution is -0.142. The average molecular weight is 893 g/mol. The smallest absolute Gasteiger partial charge is 0.422 e. The maximum absolute atomic E-state index is 13.6. The molecule has 0 aliphatic heterocycles. The fourth-order valence-electron chi connectivity index (χ4n) is 4.41. The summed E-state index contributed by atoms with van der Waals surface area (Å²) in [7, 11) is 0.621. The Morgan fingerprint density at radius 1 is 0.741 bits per heavy atom. The van der Waals surface area contributed by atoms with Crippen LogP contribution < -0.4 is 16.2 Å². The van der Waals surface area contributed by atoms with Gasteiger partial charge < -0.3 is 15.4 Å². The molecule has 25 heteroatoms. The van der Waals surface area contributed by atoms with E-state index in [1.165, 1.54) is 51.0 Å². The number of hydrogen-bond acceptors (Lipinski definition) is 10. The van der Waals surface area contributed by atoms with Crippen molar-refractivity contribution in [2.24, 2.45) is 14.1 Å². The number of amides is 1. The van der Waals surface area contributed by atoms with Crippen LogP contribution in [0.3, 0.4) is 0 Å². The van der Waals surface area contributed by atoms with Gasteiger partial charge in [0, 0.05) is 56.6 Å². The third kappa shape index (κ3) is 12.3. The van der Waals surface area contributed by atoms with Gasteiger partial charge in [0.05, 0.1) is 15.8 Å². The van der Waals surface area contributed by atoms with Gasteiger partial charge in [0.25, 0.3) is 5.91 Å².